The molecule has 0 fully saturated rings. The van der Waals surface area contributed by atoms with Crippen molar-refractivity contribution in [3.05, 3.63) is 40.5 Å². The molecule has 0 aliphatic rings. The maximum Gasteiger partial charge on any atom is 0.0562 e. The number of hydrogen-bond donors (Lipinski definition) is 1. The highest BCUT2D eigenvalue weighted by Gasteiger charge is 2.05. The highest BCUT2D eigenvalue weighted by molar-refractivity contribution is 9.10. The van der Waals surface area contributed by atoms with Crippen LogP contribution in [0.15, 0.2) is 34.9 Å². The third-order valence-corrected chi connectivity index (χ3v) is 3.05. The molecule has 78 valence electrons. The standard InChI is InChI=1S/C12H13BrN2/c1-15-8-11(13)10-6-2-4-9(12(10)15)5-3-7-14/h2-6,8H,7,14H2,1H3/b5-3+. The molecule has 2 rings (SSSR count). The first-order chi connectivity index (χ1) is 7.24. The lowest BCUT2D eigenvalue weighted by Gasteiger charge is -2.01. The molecule has 2 N–H and O–H groups in total. The van der Waals surface area contributed by atoms with Gasteiger partial charge in [-0.05, 0) is 21.5 Å². The van der Waals surface area contributed by atoms with Crippen LogP contribution in [0.4, 0.5) is 0 Å². The Bertz CT molecular complexity index is 512. The van der Waals surface area contributed by atoms with Crippen LogP contribution in [0.2, 0.25) is 0 Å². The fourth-order valence-corrected chi connectivity index (χ4v) is 2.41. The van der Waals surface area contributed by atoms with Gasteiger partial charge in [-0.2, -0.15) is 0 Å². The summed E-state index contributed by atoms with van der Waals surface area (Å²) in [5.41, 5.74) is 7.89. The summed E-state index contributed by atoms with van der Waals surface area (Å²) >= 11 is 3.55. The number of para-hydroxylation sites is 1. The van der Waals surface area contributed by atoms with Crippen molar-refractivity contribution >= 4 is 32.9 Å². The summed E-state index contributed by atoms with van der Waals surface area (Å²) in [5, 5.41) is 1.23. The molecule has 0 saturated heterocycles. The lowest BCUT2D eigenvalue weighted by Crippen LogP contribution is -1.93. The molecule has 0 unspecified atom stereocenters. The number of aryl methyl sites for hydroxylation is 1. The van der Waals surface area contributed by atoms with E-state index in [1.165, 1.54) is 16.5 Å². The van der Waals surface area contributed by atoms with E-state index in [2.05, 4.69) is 51.0 Å². The molecule has 15 heavy (non-hydrogen) atoms. The van der Waals surface area contributed by atoms with Crippen molar-refractivity contribution in [1.82, 2.24) is 4.57 Å². The Morgan fingerprint density at radius 1 is 1.47 bits per heavy atom. The summed E-state index contributed by atoms with van der Waals surface area (Å²) in [7, 11) is 2.05. The monoisotopic (exact) mass is 264 g/mol. The van der Waals surface area contributed by atoms with Crippen molar-refractivity contribution in [1.29, 1.82) is 0 Å². The Morgan fingerprint density at radius 3 is 3.00 bits per heavy atom. The third kappa shape index (κ3) is 1.85. The Balaban J connectivity index is 2.69. The molecular weight excluding hydrogens is 252 g/mol. The minimum Gasteiger partial charge on any atom is -0.349 e. The zero-order valence-electron chi connectivity index (χ0n) is 8.57. The number of nitrogens with zero attached hydrogens (tertiary/aromatic N) is 1. The fraction of sp³-hybridized carbons (Fsp3) is 0.167. The molecular formula is C12H13BrN2. The molecule has 0 aliphatic carbocycles. The van der Waals surface area contributed by atoms with Gasteiger partial charge in [0, 0.05) is 29.6 Å². The minimum absolute atomic E-state index is 0.571. The molecule has 0 saturated carbocycles. The number of rotatable bonds is 2. The molecule has 2 nitrogen and oxygen atoms in total. The van der Waals surface area contributed by atoms with Gasteiger partial charge in [0.25, 0.3) is 0 Å². The van der Waals surface area contributed by atoms with Crippen LogP contribution in [-0.4, -0.2) is 11.1 Å². The zero-order chi connectivity index (χ0) is 10.8. The van der Waals surface area contributed by atoms with Gasteiger partial charge in [-0.25, -0.2) is 0 Å². The van der Waals surface area contributed by atoms with Gasteiger partial charge in [0.05, 0.1) is 5.52 Å². The van der Waals surface area contributed by atoms with Gasteiger partial charge in [-0.3, -0.25) is 0 Å². The van der Waals surface area contributed by atoms with Crippen LogP contribution in [0.5, 0.6) is 0 Å². The predicted octanol–water partition coefficient (Wildman–Crippen LogP) is 2.91. The van der Waals surface area contributed by atoms with Gasteiger partial charge in [0.1, 0.15) is 0 Å². The first kappa shape index (κ1) is 10.5. The van der Waals surface area contributed by atoms with Gasteiger partial charge < -0.3 is 10.3 Å². The third-order valence-electron chi connectivity index (χ3n) is 2.42. The summed E-state index contributed by atoms with van der Waals surface area (Å²) in [6, 6.07) is 6.27. The van der Waals surface area contributed by atoms with Crippen LogP contribution in [0.25, 0.3) is 17.0 Å². The molecule has 1 aromatic heterocycles. The van der Waals surface area contributed by atoms with Crippen molar-refractivity contribution in [2.45, 2.75) is 0 Å². The number of nitrogens with two attached hydrogens (primary N) is 1. The minimum atomic E-state index is 0.571. The maximum atomic E-state index is 5.46. The van der Waals surface area contributed by atoms with Crippen LogP contribution >= 0.6 is 15.9 Å². The van der Waals surface area contributed by atoms with E-state index in [1.54, 1.807) is 0 Å². The first-order valence-corrected chi connectivity index (χ1v) is 5.63. The number of benzene rings is 1. The molecule has 2 aromatic rings. The Labute approximate surface area is 97.5 Å². The van der Waals surface area contributed by atoms with Crippen LogP contribution in [0, 0.1) is 0 Å². The summed E-state index contributed by atoms with van der Waals surface area (Å²) in [6.45, 7) is 0.571. The number of halogens is 1. The molecule has 0 bridgehead atoms. The molecule has 0 atom stereocenters. The van der Waals surface area contributed by atoms with E-state index in [9.17, 15) is 0 Å². The topological polar surface area (TPSA) is 30.9 Å². The van der Waals surface area contributed by atoms with Gasteiger partial charge >= 0.3 is 0 Å². The smallest absolute Gasteiger partial charge is 0.0562 e. The second-order valence-corrected chi connectivity index (χ2v) is 4.32. The summed E-state index contributed by atoms with van der Waals surface area (Å²) < 4.78 is 3.25. The highest BCUT2D eigenvalue weighted by atomic mass is 79.9. The summed E-state index contributed by atoms with van der Waals surface area (Å²) in [5.74, 6) is 0. The normalized spacial score (nSPS) is 11.7. The van der Waals surface area contributed by atoms with E-state index in [4.69, 9.17) is 5.73 Å². The SMILES string of the molecule is Cn1cc(Br)c2cccc(/C=C/CN)c21. The lowest BCUT2D eigenvalue weighted by atomic mass is 10.1. The van der Waals surface area contributed by atoms with Crippen molar-refractivity contribution in [3.63, 3.8) is 0 Å². The van der Waals surface area contributed by atoms with E-state index < -0.39 is 0 Å². The van der Waals surface area contributed by atoms with Crippen LogP contribution in [-0.2, 0) is 7.05 Å². The number of hydrogen-bond acceptors (Lipinski definition) is 1. The molecule has 0 amide bonds. The second kappa shape index (κ2) is 4.21. The Kier molecular flexibility index (Phi) is 2.93. The average Bonchev–Trinajstić information content (AvgIpc) is 2.53. The van der Waals surface area contributed by atoms with Crippen LogP contribution in [0.1, 0.15) is 5.56 Å². The number of aromatic nitrogens is 1. The van der Waals surface area contributed by atoms with Crippen molar-refractivity contribution in [3.8, 4) is 0 Å². The zero-order valence-corrected chi connectivity index (χ0v) is 10.2. The van der Waals surface area contributed by atoms with E-state index in [-0.39, 0.29) is 0 Å². The van der Waals surface area contributed by atoms with Crippen LogP contribution in [0.3, 0.4) is 0 Å². The predicted molar refractivity (Wildman–Crippen MR) is 68.7 cm³/mol. The van der Waals surface area contributed by atoms with E-state index in [0.29, 0.717) is 6.54 Å². The first-order valence-electron chi connectivity index (χ1n) is 4.84. The molecule has 3 heteroatoms. The molecule has 0 spiro atoms. The second-order valence-electron chi connectivity index (χ2n) is 3.47. The molecule has 0 aliphatic heterocycles. The van der Waals surface area contributed by atoms with Crippen molar-refractivity contribution in [2.75, 3.05) is 6.54 Å². The van der Waals surface area contributed by atoms with Crippen molar-refractivity contribution < 1.29 is 0 Å². The Morgan fingerprint density at radius 2 is 2.27 bits per heavy atom. The fourth-order valence-electron chi connectivity index (χ4n) is 1.78. The van der Waals surface area contributed by atoms with E-state index >= 15 is 0 Å². The van der Waals surface area contributed by atoms with Gasteiger partial charge in [0.15, 0.2) is 0 Å². The van der Waals surface area contributed by atoms with E-state index in [1.807, 2.05) is 13.1 Å². The molecule has 1 heterocycles. The maximum absolute atomic E-state index is 5.46. The van der Waals surface area contributed by atoms with Crippen LogP contribution < -0.4 is 5.73 Å². The van der Waals surface area contributed by atoms with Gasteiger partial charge in [-0.1, -0.05) is 30.4 Å². The van der Waals surface area contributed by atoms with Gasteiger partial charge in [-0.15, -0.1) is 0 Å². The highest BCUT2D eigenvalue weighted by Crippen LogP contribution is 2.28. The lowest BCUT2D eigenvalue weighted by molar-refractivity contribution is 0.965. The Hall–Kier alpha value is -1.06. The largest absolute Gasteiger partial charge is 0.349 e. The average molecular weight is 265 g/mol. The number of fused-ring (bicyclic) bond motifs is 1. The summed E-state index contributed by atoms with van der Waals surface area (Å²) in [6.07, 6.45) is 6.11. The van der Waals surface area contributed by atoms with E-state index in [0.717, 1.165) is 4.47 Å². The molecule has 1 aromatic carbocycles. The molecule has 0 radical (unpaired) electrons. The summed E-state index contributed by atoms with van der Waals surface area (Å²) in [4.78, 5) is 0. The van der Waals surface area contributed by atoms with Crippen molar-refractivity contribution in [2.24, 2.45) is 12.8 Å². The quantitative estimate of drug-likeness (QED) is 0.889. The van der Waals surface area contributed by atoms with Gasteiger partial charge in [0.2, 0.25) is 0 Å².